The second kappa shape index (κ2) is 7.07. The molecule has 104 valence electrons. The summed E-state index contributed by atoms with van der Waals surface area (Å²) in [6.45, 7) is 0.797. The smallest absolute Gasteiger partial charge is 0.238 e. The molecule has 1 amide bonds. The topological polar surface area (TPSA) is 61.4 Å². The van der Waals surface area contributed by atoms with Crippen LogP contribution in [0.25, 0.3) is 0 Å². The molecule has 3 N–H and O–H groups in total. The molecule has 2 aromatic carbocycles. The summed E-state index contributed by atoms with van der Waals surface area (Å²) >= 11 is 3.38. The minimum atomic E-state index is -0.101. The van der Waals surface area contributed by atoms with E-state index in [1.54, 1.807) is 12.1 Å². The van der Waals surface area contributed by atoms with Crippen molar-refractivity contribution < 1.29 is 9.90 Å². The van der Waals surface area contributed by atoms with Crippen molar-refractivity contribution in [2.45, 2.75) is 6.54 Å². The fraction of sp³-hybridized carbons (Fsp3) is 0.133. The summed E-state index contributed by atoms with van der Waals surface area (Å²) in [4.78, 5) is 11.8. The number of hydrogen-bond acceptors (Lipinski definition) is 3. The second-order valence-corrected chi connectivity index (χ2v) is 5.15. The molecule has 20 heavy (non-hydrogen) atoms. The third-order valence-corrected chi connectivity index (χ3v) is 3.39. The Labute approximate surface area is 126 Å². The number of carbonyl (C=O) groups excluding carboxylic acids is 1. The van der Waals surface area contributed by atoms with Crippen molar-refractivity contribution in [1.82, 2.24) is 5.32 Å². The summed E-state index contributed by atoms with van der Waals surface area (Å²) in [5.74, 6) is 0.135. The first-order valence-corrected chi connectivity index (χ1v) is 6.97. The maximum Gasteiger partial charge on any atom is 0.238 e. The van der Waals surface area contributed by atoms with E-state index in [4.69, 9.17) is 0 Å². The lowest BCUT2D eigenvalue weighted by Gasteiger charge is -2.08. The summed E-state index contributed by atoms with van der Waals surface area (Å²) in [5, 5.41) is 15.0. The number of benzene rings is 2. The maximum absolute atomic E-state index is 11.8. The standard InChI is InChI=1S/C15H15BrN2O2/c16-13-3-1-2-4-14(13)18-15(20)10-17-9-11-5-7-12(19)8-6-11/h1-8,17,19H,9-10H2,(H,18,20). The monoisotopic (exact) mass is 334 g/mol. The summed E-state index contributed by atoms with van der Waals surface area (Å²) < 4.78 is 0.854. The number of amides is 1. The van der Waals surface area contributed by atoms with Crippen molar-refractivity contribution in [3.05, 3.63) is 58.6 Å². The lowest BCUT2D eigenvalue weighted by atomic mass is 10.2. The summed E-state index contributed by atoms with van der Waals surface area (Å²) in [6.07, 6.45) is 0. The lowest BCUT2D eigenvalue weighted by Crippen LogP contribution is -2.27. The van der Waals surface area contributed by atoms with Gasteiger partial charge in [0.2, 0.25) is 5.91 Å². The van der Waals surface area contributed by atoms with Gasteiger partial charge in [-0.05, 0) is 45.8 Å². The van der Waals surface area contributed by atoms with Crippen LogP contribution in [-0.2, 0) is 11.3 Å². The van der Waals surface area contributed by atoms with E-state index in [0.717, 1.165) is 15.7 Å². The Hall–Kier alpha value is -1.85. The number of nitrogens with one attached hydrogen (secondary N) is 2. The van der Waals surface area contributed by atoms with Gasteiger partial charge in [-0.15, -0.1) is 0 Å². The molecule has 0 radical (unpaired) electrons. The Bertz CT molecular complexity index is 585. The zero-order valence-electron chi connectivity index (χ0n) is 10.8. The van der Waals surface area contributed by atoms with Gasteiger partial charge in [0.15, 0.2) is 0 Å². The summed E-state index contributed by atoms with van der Waals surface area (Å²) in [7, 11) is 0. The number of hydrogen-bond donors (Lipinski definition) is 3. The second-order valence-electron chi connectivity index (χ2n) is 4.30. The van der Waals surface area contributed by atoms with Crippen molar-refractivity contribution in [2.75, 3.05) is 11.9 Å². The quantitative estimate of drug-likeness (QED) is 0.787. The van der Waals surface area contributed by atoms with Crippen LogP contribution in [0.15, 0.2) is 53.0 Å². The molecule has 0 atom stereocenters. The zero-order valence-corrected chi connectivity index (χ0v) is 12.4. The third kappa shape index (κ3) is 4.36. The van der Waals surface area contributed by atoms with Crippen LogP contribution >= 0.6 is 15.9 Å². The number of halogens is 1. The van der Waals surface area contributed by atoms with Gasteiger partial charge in [0, 0.05) is 11.0 Å². The molecular formula is C15H15BrN2O2. The molecule has 0 aliphatic carbocycles. The highest BCUT2D eigenvalue weighted by Crippen LogP contribution is 2.20. The molecule has 5 heteroatoms. The lowest BCUT2D eigenvalue weighted by molar-refractivity contribution is -0.115. The number of para-hydroxylation sites is 1. The molecule has 0 aliphatic rings. The van der Waals surface area contributed by atoms with Gasteiger partial charge < -0.3 is 15.7 Å². The number of phenols is 1. The molecule has 2 rings (SSSR count). The normalized spacial score (nSPS) is 10.2. The number of rotatable bonds is 5. The molecule has 4 nitrogen and oxygen atoms in total. The van der Waals surface area contributed by atoms with E-state index in [1.807, 2.05) is 36.4 Å². The van der Waals surface area contributed by atoms with Gasteiger partial charge in [0.05, 0.1) is 12.2 Å². The predicted octanol–water partition coefficient (Wildman–Crippen LogP) is 2.88. The minimum Gasteiger partial charge on any atom is -0.508 e. The molecule has 0 aliphatic heterocycles. The van der Waals surface area contributed by atoms with Crippen LogP contribution in [0, 0.1) is 0 Å². The first kappa shape index (κ1) is 14.6. The van der Waals surface area contributed by atoms with Gasteiger partial charge in [-0.1, -0.05) is 24.3 Å². The molecule has 0 aromatic heterocycles. The first-order valence-electron chi connectivity index (χ1n) is 6.18. The van der Waals surface area contributed by atoms with Crippen LogP contribution in [-0.4, -0.2) is 17.6 Å². The van der Waals surface area contributed by atoms with Gasteiger partial charge in [-0.3, -0.25) is 4.79 Å². The van der Waals surface area contributed by atoms with Crippen LogP contribution in [0.5, 0.6) is 5.75 Å². The number of anilines is 1. The maximum atomic E-state index is 11.8. The molecule has 0 fully saturated rings. The highest BCUT2D eigenvalue weighted by Gasteiger charge is 2.04. The van der Waals surface area contributed by atoms with E-state index in [1.165, 1.54) is 0 Å². The molecule has 0 spiro atoms. The SMILES string of the molecule is O=C(CNCc1ccc(O)cc1)Nc1ccccc1Br. The van der Waals surface area contributed by atoms with Gasteiger partial charge in [0.1, 0.15) is 5.75 Å². The molecule has 0 saturated carbocycles. The molecule has 0 saturated heterocycles. The Balaban J connectivity index is 1.78. The van der Waals surface area contributed by atoms with Crippen LogP contribution < -0.4 is 10.6 Å². The largest absolute Gasteiger partial charge is 0.508 e. The highest BCUT2D eigenvalue weighted by atomic mass is 79.9. The van der Waals surface area contributed by atoms with Gasteiger partial charge in [-0.2, -0.15) is 0 Å². The predicted molar refractivity (Wildman–Crippen MR) is 82.6 cm³/mol. The fourth-order valence-electron chi connectivity index (χ4n) is 1.69. The van der Waals surface area contributed by atoms with Crippen LogP contribution in [0.2, 0.25) is 0 Å². The summed E-state index contributed by atoms with van der Waals surface area (Å²) in [5.41, 5.74) is 1.76. The molecule has 2 aromatic rings. The van der Waals surface area contributed by atoms with E-state index in [9.17, 15) is 9.90 Å². The number of phenolic OH excluding ortho intramolecular Hbond substituents is 1. The third-order valence-electron chi connectivity index (χ3n) is 2.70. The Morgan fingerprint density at radius 2 is 1.80 bits per heavy atom. The fourth-order valence-corrected chi connectivity index (χ4v) is 2.08. The Kier molecular flexibility index (Phi) is 5.15. The average Bonchev–Trinajstić information content (AvgIpc) is 2.44. The number of aromatic hydroxyl groups is 1. The number of carbonyl (C=O) groups is 1. The van der Waals surface area contributed by atoms with E-state index < -0.39 is 0 Å². The van der Waals surface area contributed by atoms with Crippen LogP contribution in [0.1, 0.15) is 5.56 Å². The van der Waals surface area contributed by atoms with Crippen molar-refractivity contribution in [3.8, 4) is 5.75 Å². The van der Waals surface area contributed by atoms with Crippen molar-refractivity contribution in [2.24, 2.45) is 0 Å². The van der Waals surface area contributed by atoms with Crippen molar-refractivity contribution in [1.29, 1.82) is 0 Å². The average molecular weight is 335 g/mol. The Morgan fingerprint density at radius 3 is 2.50 bits per heavy atom. The Morgan fingerprint density at radius 1 is 1.10 bits per heavy atom. The van der Waals surface area contributed by atoms with E-state index in [0.29, 0.717) is 6.54 Å². The zero-order chi connectivity index (χ0) is 14.4. The van der Waals surface area contributed by atoms with E-state index >= 15 is 0 Å². The van der Waals surface area contributed by atoms with Gasteiger partial charge >= 0.3 is 0 Å². The van der Waals surface area contributed by atoms with Crippen molar-refractivity contribution >= 4 is 27.5 Å². The summed E-state index contributed by atoms with van der Waals surface area (Å²) in [6, 6.07) is 14.3. The van der Waals surface area contributed by atoms with Crippen molar-refractivity contribution in [3.63, 3.8) is 0 Å². The van der Waals surface area contributed by atoms with E-state index in [-0.39, 0.29) is 18.2 Å². The minimum absolute atomic E-state index is 0.101. The van der Waals surface area contributed by atoms with Gasteiger partial charge in [0.25, 0.3) is 0 Å². The highest BCUT2D eigenvalue weighted by molar-refractivity contribution is 9.10. The van der Waals surface area contributed by atoms with Crippen LogP contribution in [0.4, 0.5) is 5.69 Å². The van der Waals surface area contributed by atoms with E-state index in [2.05, 4.69) is 26.6 Å². The molecule has 0 heterocycles. The first-order chi connectivity index (χ1) is 9.65. The van der Waals surface area contributed by atoms with Gasteiger partial charge in [-0.25, -0.2) is 0 Å². The molecular weight excluding hydrogens is 320 g/mol. The molecule has 0 unspecified atom stereocenters. The molecule has 0 bridgehead atoms. The van der Waals surface area contributed by atoms with Crippen LogP contribution in [0.3, 0.4) is 0 Å².